The van der Waals surface area contributed by atoms with Crippen molar-refractivity contribution in [3.05, 3.63) is 70.6 Å². The van der Waals surface area contributed by atoms with E-state index in [2.05, 4.69) is 37.5 Å². The second-order valence-corrected chi connectivity index (χ2v) is 8.82. The van der Waals surface area contributed by atoms with Gasteiger partial charge in [0, 0.05) is 56.6 Å². The van der Waals surface area contributed by atoms with E-state index >= 15 is 0 Å². The number of alkyl halides is 6. The van der Waals surface area contributed by atoms with Gasteiger partial charge < -0.3 is 26.2 Å². The van der Waals surface area contributed by atoms with Crippen LogP contribution in [0.25, 0.3) is 16.9 Å². The van der Waals surface area contributed by atoms with Gasteiger partial charge in [-0.1, -0.05) is 12.1 Å². The topological polar surface area (TPSA) is 179 Å². The van der Waals surface area contributed by atoms with Crippen LogP contribution in [0, 0.1) is 0 Å². The number of anilines is 1. The van der Waals surface area contributed by atoms with E-state index in [9.17, 15) is 39.9 Å². The Balaban J connectivity index is 0.000000421. The Hall–Kier alpha value is -4.85. The van der Waals surface area contributed by atoms with E-state index in [0.29, 0.717) is 5.82 Å². The first kappa shape index (κ1) is 36.3. The van der Waals surface area contributed by atoms with Crippen molar-refractivity contribution in [1.82, 2.24) is 25.1 Å². The Kier molecular flexibility index (Phi) is 12.7. The molecule has 0 atom stereocenters. The number of aliphatic carboxylic acids is 2. The average Bonchev–Trinajstić information content (AvgIpc) is 3.35. The summed E-state index contributed by atoms with van der Waals surface area (Å²) in [5.74, 6) is -5.09. The Morgan fingerprint density at radius 1 is 0.911 bits per heavy atom. The molecule has 0 saturated carbocycles. The maximum atomic E-state index is 13.0. The summed E-state index contributed by atoms with van der Waals surface area (Å²) in [6, 6.07) is 11.7. The first-order chi connectivity index (χ1) is 20.9. The minimum absolute atomic E-state index is 0.122. The number of pyridine rings is 1. The van der Waals surface area contributed by atoms with Gasteiger partial charge in [-0.2, -0.15) is 40.2 Å². The van der Waals surface area contributed by atoms with Crippen LogP contribution in [0.4, 0.5) is 40.8 Å². The zero-order chi connectivity index (χ0) is 33.9. The minimum atomic E-state index is -5.08. The summed E-state index contributed by atoms with van der Waals surface area (Å²) in [4.78, 5) is 36.7. The van der Waals surface area contributed by atoms with E-state index < -0.39 is 36.1 Å². The normalized spacial score (nSPS) is 13.1. The summed E-state index contributed by atoms with van der Waals surface area (Å²) in [6.45, 7) is 3.53. The summed E-state index contributed by atoms with van der Waals surface area (Å²) in [5, 5.41) is 23.8. The predicted molar refractivity (Wildman–Crippen MR) is 142 cm³/mol. The number of benzene rings is 1. The Bertz CT molecular complexity index is 1500. The summed E-state index contributed by atoms with van der Waals surface area (Å²) >= 11 is 0. The number of piperazine rings is 1. The first-order valence-electron chi connectivity index (χ1n) is 12.5. The fraction of sp³-hybridized carbons (Fsp3) is 0.320. The van der Waals surface area contributed by atoms with Gasteiger partial charge in [-0.25, -0.2) is 29.0 Å². The fourth-order valence-corrected chi connectivity index (χ4v) is 3.60. The molecule has 0 unspecified atom stereocenters. The zero-order valence-electron chi connectivity index (χ0n) is 22.8. The number of rotatable bonds is 6. The van der Waals surface area contributed by atoms with E-state index in [4.69, 9.17) is 25.5 Å². The highest BCUT2D eigenvalue weighted by Crippen LogP contribution is 2.25. The molecule has 0 radical (unpaired) electrons. The molecule has 1 aliphatic heterocycles. The second kappa shape index (κ2) is 15.7. The summed E-state index contributed by atoms with van der Waals surface area (Å²) in [5.41, 5.74) is 7.53. The minimum Gasteiger partial charge on any atom is -0.475 e. The third kappa shape index (κ3) is 11.0. The number of H-pyrrole nitrogens is 1. The number of nitrogens with two attached hydrogens (primary N) is 1. The SMILES string of the molecule is NCC(Cc1n[nH]c(=O)n1-c1cc(-c2ccc(N3CCNCC3)cc2)ccn1)=C(F)F.O=C(O)C(F)(F)F.O=C(O)C(F)(F)F. The lowest BCUT2D eigenvalue weighted by Crippen LogP contribution is -2.43. The van der Waals surface area contributed by atoms with Crippen molar-refractivity contribution in [2.24, 2.45) is 5.73 Å². The van der Waals surface area contributed by atoms with Crippen LogP contribution in [0.3, 0.4) is 0 Å². The van der Waals surface area contributed by atoms with Crippen LogP contribution in [0.1, 0.15) is 5.82 Å². The van der Waals surface area contributed by atoms with Gasteiger partial charge in [-0.3, -0.25) is 0 Å². The molecule has 0 aliphatic carbocycles. The molecular weight excluding hydrogens is 630 g/mol. The van der Waals surface area contributed by atoms with Gasteiger partial charge in [-0.05, 0) is 35.4 Å². The molecule has 2 aromatic heterocycles. The number of hydrogen-bond acceptors (Lipinski definition) is 8. The van der Waals surface area contributed by atoms with Gasteiger partial charge in [-0.15, -0.1) is 0 Å². The van der Waals surface area contributed by atoms with Crippen LogP contribution in [0.15, 0.2) is 59.0 Å². The molecule has 3 aromatic rings. The van der Waals surface area contributed by atoms with Crippen LogP contribution in [-0.2, 0) is 16.0 Å². The molecule has 45 heavy (non-hydrogen) atoms. The average molecular weight is 656 g/mol. The molecule has 246 valence electrons. The lowest BCUT2D eigenvalue weighted by Gasteiger charge is -2.29. The molecular formula is C25H25F8N7O5. The number of nitrogens with zero attached hydrogens (tertiary/aromatic N) is 4. The molecule has 1 fully saturated rings. The highest BCUT2D eigenvalue weighted by atomic mass is 19.4. The first-order valence-corrected chi connectivity index (χ1v) is 12.5. The second-order valence-electron chi connectivity index (χ2n) is 8.82. The van der Waals surface area contributed by atoms with Crippen LogP contribution >= 0.6 is 0 Å². The number of carboxylic acid groups (broad SMARTS) is 2. The third-order valence-electron chi connectivity index (χ3n) is 5.77. The largest absolute Gasteiger partial charge is 0.490 e. The van der Waals surface area contributed by atoms with Crippen LogP contribution in [-0.4, -0.2) is 87.0 Å². The molecule has 1 saturated heterocycles. The predicted octanol–water partition coefficient (Wildman–Crippen LogP) is 2.95. The summed E-state index contributed by atoms with van der Waals surface area (Å²) in [6.07, 6.45) is -10.7. The Labute approximate surface area is 247 Å². The smallest absolute Gasteiger partial charge is 0.475 e. The van der Waals surface area contributed by atoms with E-state index in [0.717, 1.165) is 43.0 Å². The van der Waals surface area contributed by atoms with E-state index in [-0.39, 0.29) is 24.4 Å². The van der Waals surface area contributed by atoms with Crippen molar-refractivity contribution in [1.29, 1.82) is 0 Å². The third-order valence-corrected chi connectivity index (χ3v) is 5.77. The molecule has 12 nitrogen and oxygen atoms in total. The molecule has 0 spiro atoms. The molecule has 0 bridgehead atoms. The van der Waals surface area contributed by atoms with Crippen LogP contribution in [0.2, 0.25) is 0 Å². The van der Waals surface area contributed by atoms with Crippen molar-refractivity contribution >= 4 is 17.6 Å². The summed E-state index contributed by atoms with van der Waals surface area (Å²) < 4.78 is 90.7. The fourth-order valence-electron chi connectivity index (χ4n) is 3.60. The van der Waals surface area contributed by atoms with Crippen LogP contribution in [0.5, 0.6) is 0 Å². The maximum absolute atomic E-state index is 13.0. The highest BCUT2D eigenvalue weighted by Gasteiger charge is 2.38. The molecule has 0 amide bonds. The van der Waals surface area contributed by atoms with Gasteiger partial charge in [0.1, 0.15) is 11.6 Å². The van der Waals surface area contributed by atoms with Crippen molar-refractivity contribution in [2.45, 2.75) is 18.8 Å². The van der Waals surface area contributed by atoms with Crippen molar-refractivity contribution < 1.29 is 54.9 Å². The molecule has 3 heterocycles. The van der Waals surface area contributed by atoms with Crippen molar-refractivity contribution in [3.63, 3.8) is 0 Å². The Morgan fingerprint density at radius 3 is 1.91 bits per heavy atom. The molecule has 4 rings (SSSR count). The van der Waals surface area contributed by atoms with Gasteiger partial charge in [0.15, 0.2) is 0 Å². The molecule has 20 heteroatoms. The standard InChI is InChI=1S/C21H23F2N7O.2C2HF3O2/c22-20(23)16(13-24)12-19-27-28-21(31)30(19)18-11-15(5-6-26-18)14-1-3-17(4-2-14)29-9-7-25-8-10-29;2*3-2(4,5)1(6)7/h1-6,11,25H,7-10,12-13,24H2,(H,28,31);2*(H,6,7). The Morgan fingerprint density at radius 2 is 1.44 bits per heavy atom. The molecule has 6 N–H and O–H groups in total. The van der Waals surface area contributed by atoms with Crippen molar-refractivity contribution in [2.75, 3.05) is 37.6 Å². The number of carbonyl (C=O) groups is 2. The quantitative estimate of drug-likeness (QED) is 0.248. The van der Waals surface area contributed by atoms with Gasteiger partial charge in [0.05, 0.1) is 0 Å². The summed E-state index contributed by atoms with van der Waals surface area (Å²) in [7, 11) is 0. The van der Waals surface area contributed by atoms with Gasteiger partial charge in [0.2, 0.25) is 0 Å². The number of carboxylic acids is 2. The lowest BCUT2D eigenvalue weighted by atomic mass is 10.1. The van der Waals surface area contributed by atoms with Gasteiger partial charge >= 0.3 is 30.0 Å². The van der Waals surface area contributed by atoms with E-state index in [1.807, 2.05) is 18.2 Å². The number of hydrogen-bond donors (Lipinski definition) is 5. The number of aromatic nitrogens is 4. The monoisotopic (exact) mass is 655 g/mol. The molecule has 1 aromatic carbocycles. The molecule has 1 aliphatic rings. The van der Waals surface area contributed by atoms with Crippen molar-refractivity contribution in [3.8, 4) is 16.9 Å². The van der Waals surface area contributed by atoms with Crippen LogP contribution < -0.4 is 21.6 Å². The number of nitrogens with one attached hydrogen (secondary N) is 2. The van der Waals surface area contributed by atoms with Gasteiger partial charge in [0.25, 0.3) is 6.08 Å². The maximum Gasteiger partial charge on any atom is 0.490 e. The van der Waals surface area contributed by atoms with E-state index in [1.165, 1.54) is 4.57 Å². The van der Waals surface area contributed by atoms with E-state index in [1.54, 1.807) is 12.3 Å². The number of aromatic amines is 1. The zero-order valence-corrected chi connectivity index (χ0v) is 22.8. The lowest BCUT2D eigenvalue weighted by molar-refractivity contribution is -0.193. The number of halogens is 8. The highest BCUT2D eigenvalue weighted by molar-refractivity contribution is 5.73.